The van der Waals surface area contributed by atoms with Crippen LogP contribution < -0.4 is 0 Å². The Morgan fingerprint density at radius 2 is 1.94 bits per heavy atom. The van der Waals surface area contributed by atoms with Gasteiger partial charge < -0.3 is 4.57 Å². The van der Waals surface area contributed by atoms with Crippen LogP contribution in [0.2, 0.25) is 0 Å². The Kier molecular flexibility index (Phi) is 2.00. The third-order valence-electron chi connectivity index (χ3n) is 2.91. The molecule has 0 fully saturated rings. The molecular formula is C14H12N2. The highest BCUT2D eigenvalue weighted by molar-refractivity contribution is 5.86. The minimum Gasteiger partial charge on any atom is -0.344 e. The van der Waals surface area contributed by atoms with Gasteiger partial charge in [-0.25, -0.2) is 0 Å². The normalized spacial score (nSPS) is 10.8. The van der Waals surface area contributed by atoms with E-state index in [1.807, 2.05) is 12.3 Å². The van der Waals surface area contributed by atoms with Gasteiger partial charge in [-0.15, -0.1) is 0 Å². The fourth-order valence-electron chi connectivity index (χ4n) is 2.08. The predicted molar refractivity (Wildman–Crippen MR) is 66.2 cm³/mol. The lowest BCUT2D eigenvalue weighted by Crippen LogP contribution is -1.90. The summed E-state index contributed by atoms with van der Waals surface area (Å²) in [6.45, 7) is 0. The number of nitrogens with zero attached hydrogens (tertiary/aromatic N) is 2. The molecule has 2 heterocycles. The predicted octanol–water partition coefficient (Wildman–Crippen LogP) is 3.24. The van der Waals surface area contributed by atoms with Gasteiger partial charge in [-0.3, -0.25) is 4.98 Å². The first kappa shape index (κ1) is 9.16. The van der Waals surface area contributed by atoms with Gasteiger partial charge in [0, 0.05) is 35.9 Å². The van der Waals surface area contributed by atoms with Gasteiger partial charge in [-0.2, -0.15) is 0 Å². The molecule has 0 bridgehead atoms. The van der Waals surface area contributed by atoms with E-state index in [9.17, 15) is 0 Å². The van der Waals surface area contributed by atoms with Gasteiger partial charge in [0.05, 0.1) is 5.69 Å². The lowest BCUT2D eigenvalue weighted by molar-refractivity contribution is 0.977. The first-order valence-corrected chi connectivity index (χ1v) is 5.31. The van der Waals surface area contributed by atoms with E-state index in [-0.39, 0.29) is 0 Å². The molecule has 0 N–H and O–H groups in total. The minimum atomic E-state index is 1.15. The summed E-state index contributed by atoms with van der Waals surface area (Å²) in [4.78, 5) is 4.16. The fourth-order valence-corrected chi connectivity index (χ4v) is 2.08. The summed E-state index contributed by atoms with van der Waals surface area (Å²) in [5.41, 5.74) is 3.61. The highest BCUT2D eigenvalue weighted by Gasteiger charge is 2.06. The van der Waals surface area contributed by atoms with Crippen molar-refractivity contribution in [2.45, 2.75) is 0 Å². The molecule has 16 heavy (non-hydrogen) atoms. The van der Waals surface area contributed by atoms with Crippen molar-refractivity contribution in [3.05, 3.63) is 54.9 Å². The van der Waals surface area contributed by atoms with E-state index in [0.29, 0.717) is 0 Å². The smallest absolute Gasteiger partial charge is 0.0504 e. The number of aryl methyl sites for hydroxylation is 1. The molecule has 3 rings (SSSR count). The Morgan fingerprint density at radius 1 is 1.06 bits per heavy atom. The van der Waals surface area contributed by atoms with Gasteiger partial charge in [0.15, 0.2) is 0 Å². The molecule has 0 radical (unpaired) electrons. The van der Waals surface area contributed by atoms with Gasteiger partial charge in [-0.1, -0.05) is 18.2 Å². The van der Waals surface area contributed by atoms with Gasteiger partial charge in [0.25, 0.3) is 0 Å². The summed E-state index contributed by atoms with van der Waals surface area (Å²) in [6.07, 6.45) is 3.69. The Balaban J connectivity index is 2.29. The summed E-state index contributed by atoms with van der Waals surface area (Å²) in [5, 5.41) is 1.27. The molecule has 0 aliphatic heterocycles. The SMILES string of the molecule is Cn1c(-c2cccnc2)cc2ccccc21. The van der Waals surface area contributed by atoms with Crippen molar-refractivity contribution in [2.24, 2.45) is 7.05 Å². The van der Waals surface area contributed by atoms with Crippen molar-refractivity contribution in [2.75, 3.05) is 0 Å². The maximum Gasteiger partial charge on any atom is 0.0504 e. The Hall–Kier alpha value is -2.09. The largest absolute Gasteiger partial charge is 0.344 e. The number of fused-ring (bicyclic) bond motifs is 1. The monoisotopic (exact) mass is 208 g/mol. The molecule has 3 aromatic rings. The second-order valence-corrected chi connectivity index (χ2v) is 3.89. The van der Waals surface area contributed by atoms with Crippen LogP contribution in [0.15, 0.2) is 54.9 Å². The molecule has 2 heteroatoms. The molecular weight excluding hydrogens is 196 g/mol. The molecule has 0 aliphatic carbocycles. The van der Waals surface area contributed by atoms with E-state index in [1.54, 1.807) is 6.20 Å². The molecule has 78 valence electrons. The number of para-hydroxylation sites is 1. The van der Waals surface area contributed by atoms with Crippen molar-refractivity contribution in [1.29, 1.82) is 0 Å². The van der Waals surface area contributed by atoms with Crippen LogP contribution in [0.5, 0.6) is 0 Å². The second kappa shape index (κ2) is 3.49. The van der Waals surface area contributed by atoms with Crippen molar-refractivity contribution in [1.82, 2.24) is 9.55 Å². The maximum absolute atomic E-state index is 4.16. The standard InChI is InChI=1S/C14H12N2/c1-16-13-7-3-2-5-11(13)9-14(16)12-6-4-8-15-10-12/h2-10H,1H3. The maximum atomic E-state index is 4.16. The minimum absolute atomic E-state index is 1.15. The lowest BCUT2D eigenvalue weighted by atomic mass is 10.2. The van der Waals surface area contributed by atoms with Crippen molar-refractivity contribution < 1.29 is 0 Å². The van der Waals surface area contributed by atoms with Crippen LogP contribution in [0.1, 0.15) is 0 Å². The molecule has 0 saturated carbocycles. The van der Waals surface area contributed by atoms with Crippen molar-refractivity contribution >= 4 is 10.9 Å². The van der Waals surface area contributed by atoms with Crippen molar-refractivity contribution in [3.8, 4) is 11.3 Å². The topological polar surface area (TPSA) is 17.8 Å². The summed E-state index contributed by atoms with van der Waals surface area (Å²) < 4.78 is 2.20. The van der Waals surface area contributed by atoms with E-state index < -0.39 is 0 Å². The highest BCUT2D eigenvalue weighted by atomic mass is 14.9. The molecule has 0 atom stereocenters. The average Bonchev–Trinajstić information content (AvgIpc) is 2.69. The summed E-state index contributed by atoms with van der Waals surface area (Å²) >= 11 is 0. The first-order chi connectivity index (χ1) is 7.86. The summed E-state index contributed by atoms with van der Waals surface area (Å²) in [5.74, 6) is 0. The molecule has 0 unspecified atom stereocenters. The molecule has 0 spiro atoms. The van der Waals surface area contributed by atoms with Gasteiger partial charge >= 0.3 is 0 Å². The van der Waals surface area contributed by atoms with Gasteiger partial charge in [0.2, 0.25) is 0 Å². The van der Waals surface area contributed by atoms with Crippen molar-refractivity contribution in [3.63, 3.8) is 0 Å². The Labute approximate surface area is 94.2 Å². The quantitative estimate of drug-likeness (QED) is 0.600. The summed E-state index contributed by atoms with van der Waals surface area (Å²) in [6, 6.07) is 14.6. The average molecular weight is 208 g/mol. The molecule has 2 nitrogen and oxygen atoms in total. The van der Waals surface area contributed by atoms with Crippen LogP contribution in [0.3, 0.4) is 0 Å². The first-order valence-electron chi connectivity index (χ1n) is 5.31. The highest BCUT2D eigenvalue weighted by Crippen LogP contribution is 2.26. The number of benzene rings is 1. The number of hydrogen-bond donors (Lipinski definition) is 0. The van der Waals surface area contributed by atoms with Crippen LogP contribution in [-0.4, -0.2) is 9.55 Å². The Morgan fingerprint density at radius 3 is 2.69 bits per heavy atom. The third-order valence-corrected chi connectivity index (χ3v) is 2.91. The molecule has 1 aromatic carbocycles. The molecule has 0 aliphatic rings. The molecule has 0 saturated heterocycles. The van der Waals surface area contributed by atoms with E-state index >= 15 is 0 Å². The van der Waals surface area contributed by atoms with E-state index in [2.05, 4.69) is 53.0 Å². The zero-order valence-electron chi connectivity index (χ0n) is 9.09. The lowest BCUT2D eigenvalue weighted by Gasteiger charge is -2.03. The summed E-state index contributed by atoms with van der Waals surface area (Å²) in [7, 11) is 2.09. The third kappa shape index (κ3) is 1.31. The number of hydrogen-bond acceptors (Lipinski definition) is 1. The van der Waals surface area contributed by atoms with Crippen LogP contribution in [0.25, 0.3) is 22.2 Å². The van der Waals surface area contributed by atoms with Crippen LogP contribution >= 0.6 is 0 Å². The van der Waals surface area contributed by atoms with E-state index in [4.69, 9.17) is 0 Å². The van der Waals surface area contributed by atoms with Crippen LogP contribution in [0.4, 0.5) is 0 Å². The van der Waals surface area contributed by atoms with Gasteiger partial charge in [0.1, 0.15) is 0 Å². The second-order valence-electron chi connectivity index (χ2n) is 3.89. The fraction of sp³-hybridized carbons (Fsp3) is 0.0714. The van der Waals surface area contributed by atoms with Crippen LogP contribution in [0, 0.1) is 0 Å². The number of aromatic nitrogens is 2. The van der Waals surface area contributed by atoms with E-state index in [0.717, 1.165) is 5.56 Å². The number of rotatable bonds is 1. The van der Waals surface area contributed by atoms with E-state index in [1.165, 1.54) is 16.6 Å². The van der Waals surface area contributed by atoms with Gasteiger partial charge in [-0.05, 0) is 24.3 Å². The zero-order valence-corrected chi connectivity index (χ0v) is 9.09. The Bertz CT molecular complexity index is 624. The van der Waals surface area contributed by atoms with Crippen LogP contribution in [-0.2, 0) is 7.05 Å². The molecule has 0 amide bonds. The number of pyridine rings is 1. The zero-order chi connectivity index (χ0) is 11.0. The molecule has 2 aromatic heterocycles.